The molecule has 0 bridgehead atoms. The third-order valence-electron chi connectivity index (χ3n) is 2.80. The van der Waals surface area contributed by atoms with Crippen molar-refractivity contribution in [3.63, 3.8) is 0 Å². The van der Waals surface area contributed by atoms with Gasteiger partial charge in [-0.2, -0.15) is 5.26 Å². The molecule has 1 rings (SSSR count). The van der Waals surface area contributed by atoms with Crippen LogP contribution >= 0.6 is 0 Å². The Bertz CT molecular complexity index is 247. The van der Waals surface area contributed by atoms with Crippen molar-refractivity contribution < 1.29 is 9.53 Å². The van der Waals surface area contributed by atoms with Gasteiger partial charge in [-0.1, -0.05) is 0 Å². The molecule has 0 radical (unpaired) electrons. The molecule has 1 aliphatic rings. The van der Waals surface area contributed by atoms with Gasteiger partial charge in [0, 0.05) is 19.0 Å². The van der Waals surface area contributed by atoms with Crippen LogP contribution in [0.2, 0.25) is 0 Å². The summed E-state index contributed by atoms with van der Waals surface area (Å²) in [5.41, 5.74) is 0. The monoisotopic (exact) mass is 196 g/mol. The third-order valence-corrected chi connectivity index (χ3v) is 2.80. The highest BCUT2D eigenvalue weighted by Crippen LogP contribution is 2.23. The number of ether oxygens (including phenoxy) is 1. The van der Waals surface area contributed by atoms with Crippen molar-refractivity contribution in [1.82, 2.24) is 4.90 Å². The van der Waals surface area contributed by atoms with E-state index in [-0.39, 0.29) is 12.0 Å². The molecule has 0 aromatic carbocycles. The Labute approximate surface area is 84.4 Å². The van der Waals surface area contributed by atoms with E-state index in [0.29, 0.717) is 12.5 Å². The lowest BCUT2D eigenvalue weighted by Gasteiger charge is -2.32. The summed E-state index contributed by atoms with van der Waals surface area (Å²) in [6.07, 6.45) is 1.72. The fraction of sp³-hybridized carbons (Fsp3) is 0.800. The van der Waals surface area contributed by atoms with Gasteiger partial charge >= 0.3 is 6.09 Å². The Morgan fingerprint density at radius 3 is 3.00 bits per heavy atom. The molecule has 0 aromatic heterocycles. The molecule has 0 N–H and O–H groups in total. The van der Waals surface area contributed by atoms with E-state index in [1.807, 2.05) is 6.92 Å². The summed E-state index contributed by atoms with van der Waals surface area (Å²) >= 11 is 0. The van der Waals surface area contributed by atoms with E-state index in [1.165, 1.54) is 7.11 Å². The molecule has 1 saturated heterocycles. The van der Waals surface area contributed by atoms with Crippen molar-refractivity contribution >= 4 is 6.09 Å². The normalized spacial score (nSPS) is 23.8. The number of nitrogens with zero attached hydrogens (tertiary/aromatic N) is 2. The Morgan fingerprint density at radius 1 is 1.71 bits per heavy atom. The molecular weight excluding hydrogens is 180 g/mol. The number of hydrogen-bond donors (Lipinski definition) is 0. The smallest absolute Gasteiger partial charge is 0.409 e. The minimum absolute atomic E-state index is 0.0162. The summed E-state index contributed by atoms with van der Waals surface area (Å²) in [6.45, 7) is 3.31. The molecular formula is C10H16N2O2. The zero-order valence-corrected chi connectivity index (χ0v) is 8.69. The van der Waals surface area contributed by atoms with Gasteiger partial charge in [-0.05, 0) is 25.7 Å². The van der Waals surface area contributed by atoms with E-state index in [9.17, 15) is 4.79 Å². The predicted molar refractivity (Wildman–Crippen MR) is 51.5 cm³/mol. The van der Waals surface area contributed by atoms with E-state index in [4.69, 9.17) is 5.26 Å². The largest absolute Gasteiger partial charge is 0.453 e. The summed E-state index contributed by atoms with van der Waals surface area (Å²) in [4.78, 5) is 12.9. The lowest BCUT2D eigenvalue weighted by atomic mass is 9.88. The topological polar surface area (TPSA) is 53.3 Å². The number of carbonyl (C=O) groups is 1. The van der Waals surface area contributed by atoms with Gasteiger partial charge in [-0.25, -0.2) is 4.79 Å². The van der Waals surface area contributed by atoms with Crippen LogP contribution in [0.1, 0.15) is 19.8 Å². The first-order valence-corrected chi connectivity index (χ1v) is 4.91. The van der Waals surface area contributed by atoms with Gasteiger partial charge < -0.3 is 9.64 Å². The van der Waals surface area contributed by atoms with Crippen LogP contribution in [-0.4, -0.2) is 31.2 Å². The Balaban J connectivity index is 2.52. The highest BCUT2D eigenvalue weighted by atomic mass is 16.5. The van der Waals surface area contributed by atoms with Crippen LogP contribution in [-0.2, 0) is 4.74 Å². The zero-order chi connectivity index (χ0) is 10.6. The van der Waals surface area contributed by atoms with E-state index in [2.05, 4.69) is 10.8 Å². The van der Waals surface area contributed by atoms with Crippen molar-refractivity contribution in [3.8, 4) is 6.07 Å². The SMILES string of the molecule is COC(=O)N1CCCC(C(C)C#N)C1. The molecule has 1 fully saturated rings. The lowest BCUT2D eigenvalue weighted by molar-refractivity contribution is 0.0966. The Kier molecular flexibility index (Phi) is 3.75. The molecule has 0 aromatic rings. The van der Waals surface area contributed by atoms with Crippen LogP contribution in [0, 0.1) is 23.2 Å². The predicted octanol–water partition coefficient (Wildman–Crippen LogP) is 1.62. The fourth-order valence-corrected chi connectivity index (χ4v) is 1.82. The van der Waals surface area contributed by atoms with Crippen molar-refractivity contribution in [2.75, 3.05) is 20.2 Å². The summed E-state index contributed by atoms with van der Waals surface area (Å²) < 4.78 is 4.66. The number of amides is 1. The molecule has 78 valence electrons. The van der Waals surface area contributed by atoms with Crippen LogP contribution in [0.3, 0.4) is 0 Å². The second-order valence-corrected chi connectivity index (χ2v) is 3.74. The molecule has 2 atom stereocenters. The van der Waals surface area contributed by atoms with Gasteiger partial charge in [-0.3, -0.25) is 0 Å². The summed E-state index contributed by atoms with van der Waals surface area (Å²) in [5, 5.41) is 8.78. The van der Waals surface area contributed by atoms with Crippen LogP contribution in [0.5, 0.6) is 0 Å². The average molecular weight is 196 g/mol. The van der Waals surface area contributed by atoms with Crippen LogP contribution in [0.15, 0.2) is 0 Å². The first-order chi connectivity index (χ1) is 6.69. The molecule has 1 aliphatic heterocycles. The van der Waals surface area contributed by atoms with Crippen LogP contribution in [0.4, 0.5) is 4.79 Å². The first kappa shape index (κ1) is 10.8. The van der Waals surface area contributed by atoms with Gasteiger partial charge in [0.15, 0.2) is 0 Å². The van der Waals surface area contributed by atoms with Crippen molar-refractivity contribution in [2.24, 2.45) is 11.8 Å². The lowest BCUT2D eigenvalue weighted by Crippen LogP contribution is -2.41. The van der Waals surface area contributed by atoms with Gasteiger partial charge in [0.25, 0.3) is 0 Å². The number of hydrogen-bond acceptors (Lipinski definition) is 3. The highest BCUT2D eigenvalue weighted by Gasteiger charge is 2.27. The van der Waals surface area contributed by atoms with Crippen molar-refractivity contribution in [1.29, 1.82) is 5.26 Å². The summed E-state index contributed by atoms with van der Waals surface area (Å²) in [6, 6.07) is 2.23. The van der Waals surface area contributed by atoms with Gasteiger partial charge in [-0.15, -0.1) is 0 Å². The molecule has 0 aliphatic carbocycles. The van der Waals surface area contributed by atoms with E-state index >= 15 is 0 Å². The van der Waals surface area contributed by atoms with E-state index in [1.54, 1.807) is 4.90 Å². The summed E-state index contributed by atoms with van der Waals surface area (Å²) in [7, 11) is 1.39. The highest BCUT2D eigenvalue weighted by molar-refractivity contribution is 5.67. The second-order valence-electron chi connectivity index (χ2n) is 3.74. The van der Waals surface area contributed by atoms with Crippen molar-refractivity contribution in [3.05, 3.63) is 0 Å². The molecule has 0 spiro atoms. The van der Waals surface area contributed by atoms with Crippen LogP contribution < -0.4 is 0 Å². The fourth-order valence-electron chi connectivity index (χ4n) is 1.82. The number of nitriles is 1. The maximum absolute atomic E-state index is 11.2. The molecule has 1 amide bonds. The Morgan fingerprint density at radius 2 is 2.43 bits per heavy atom. The molecule has 4 nitrogen and oxygen atoms in total. The van der Waals surface area contributed by atoms with Gasteiger partial charge in [0.2, 0.25) is 0 Å². The second kappa shape index (κ2) is 4.85. The third kappa shape index (κ3) is 2.38. The molecule has 4 heteroatoms. The number of methoxy groups -OCH3 is 1. The maximum atomic E-state index is 11.2. The average Bonchev–Trinajstić information content (AvgIpc) is 2.27. The molecule has 14 heavy (non-hydrogen) atoms. The quantitative estimate of drug-likeness (QED) is 0.640. The number of piperidine rings is 1. The van der Waals surface area contributed by atoms with Gasteiger partial charge in [0.1, 0.15) is 0 Å². The molecule has 0 saturated carbocycles. The van der Waals surface area contributed by atoms with E-state index in [0.717, 1.165) is 19.4 Å². The van der Waals surface area contributed by atoms with Gasteiger partial charge in [0.05, 0.1) is 13.2 Å². The maximum Gasteiger partial charge on any atom is 0.409 e. The Hall–Kier alpha value is -1.24. The van der Waals surface area contributed by atoms with Crippen LogP contribution in [0.25, 0.3) is 0 Å². The first-order valence-electron chi connectivity index (χ1n) is 4.91. The van der Waals surface area contributed by atoms with Crippen molar-refractivity contribution in [2.45, 2.75) is 19.8 Å². The number of carbonyl (C=O) groups excluding carboxylic acids is 1. The minimum atomic E-state index is -0.278. The molecule has 1 heterocycles. The standard InChI is InChI=1S/C10H16N2O2/c1-8(6-11)9-4-3-5-12(7-9)10(13)14-2/h8-9H,3-5,7H2,1-2H3. The number of rotatable bonds is 1. The van der Waals surface area contributed by atoms with E-state index < -0.39 is 0 Å². The zero-order valence-electron chi connectivity index (χ0n) is 8.69. The minimum Gasteiger partial charge on any atom is -0.453 e. The molecule has 2 unspecified atom stereocenters. The number of likely N-dealkylation sites (tertiary alicyclic amines) is 1. The summed E-state index contributed by atoms with van der Waals surface area (Å²) in [5.74, 6) is 0.315.